The number of para-hydroxylation sites is 1. The highest BCUT2D eigenvalue weighted by Gasteiger charge is 2.64. The second-order valence-corrected chi connectivity index (χ2v) is 6.73. The van der Waals surface area contributed by atoms with E-state index in [-0.39, 0.29) is 11.5 Å². The highest BCUT2D eigenvalue weighted by molar-refractivity contribution is 6.08. The molecule has 130 valence electrons. The summed E-state index contributed by atoms with van der Waals surface area (Å²) in [5, 5.41) is 7.68. The molecule has 1 heterocycles. The zero-order valence-electron chi connectivity index (χ0n) is 14.6. The fraction of sp³-hybridized carbons (Fsp3) is 0.381. The van der Waals surface area contributed by atoms with Crippen LogP contribution in [0.5, 0.6) is 5.75 Å². The molecule has 2 unspecified atom stereocenters. The van der Waals surface area contributed by atoms with Crippen molar-refractivity contribution in [2.24, 2.45) is 11.1 Å². The normalized spacial score (nSPS) is 25.0. The van der Waals surface area contributed by atoms with Gasteiger partial charge in [-0.15, -0.1) is 0 Å². The Morgan fingerprint density at radius 2 is 1.92 bits per heavy atom. The van der Waals surface area contributed by atoms with Crippen molar-refractivity contribution in [1.82, 2.24) is 5.32 Å². The summed E-state index contributed by atoms with van der Waals surface area (Å²) < 4.78 is 6.42. The average Bonchev–Trinajstić information content (AvgIpc) is 3.40. The number of hydrogen-bond acceptors (Lipinski definition) is 4. The fourth-order valence-electron chi connectivity index (χ4n) is 3.62. The van der Waals surface area contributed by atoms with E-state index in [1.54, 1.807) is 0 Å². The summed E-state index contributed by atoms with van der Waals surface area (Å²) in [6, 6.07) is 18.6. The predicted octanol–water partition coefficient (Wildman–Crippen LogP) is 3.71. The van der Waals surface area contributed by atoms with Gasteiger partial charge in [-0.25, -0.2) is 0 Å². The summed E-state index contributed by atoms with van der Waals surface area (Å²) in [6.45, 7) is 1.66. The zero-order valence-corrected chi connectivity index (χ0v) is 14.6. The highest BCUT2D eigenvalue weighted by atomic mass is 16.6. The second kappa shape index (κ2) is 6.89. The molecule has 2 aromatic carbocycles. The standard InChI is InChI=1S/C21H24N2O2/c1-22-13-7-8-14-24-23-20-17-11-5-6-12-19(17)25-21(15-18(20)21)16-9-3-2-4-10-16/h2-6,9-12,18,22H,7-8,13-15H2,1H3. The van der Waals surface area contributed by atoms with Gasteiger partial charge in [-0.05, 0) is 44.1 Å². The van der Waals surface area contributed by atoms with Crippen LogP contribution in [0.3, 0.4) is 0 Å². The van der Waals surface area contributed by atoms with E-state index in [9.17, 15) is 0 Å². The van der Waals surface area contributed by atoms with Crippen molar-refractivity contribution in [2.45, 2.75) is 24.9 Å². The molecule has 1 aliphatic heterocycles. The van der Waals surface area contributed by atoms with Gasteiger partial charge in [-0.3, -0.25) is 0 Å². The summed E-state index contributed by atoms with van der Waals surface area (Å²) >= 11 is 0. The molecular weight excluding hydrogens is 312 g/mol. The first-order chi connectivity index (χ1) is 12.3. The SMILES string of the molecule is CNCCCCON=C1c2ccccc2OC2(c3ccccc3)CC12. The highest BCUT2D eigenvalue weighted by Crippen LogP contribution is 2.60. The van der Waals surface area contributed by atoms with Crippen LogP contribution in [0, 0.1) is 5.92 Å². The molecule has 2 aromatic rings. The largest absolute Gasteiger partial charge is 0.481 e. The summed E-state index contributed by atoms with van der Waals surface area (Å²) in [5.74, 6) is 1.17. The summed E-state index contributed by atoms with van der Waals surface area (Å²) in [6.07, 6.45) is 3.05. The lowest BCUT2D eigenvalue weighted by molar-refractivity contribution is 0.133. The van der Waals surface area contributed by atoms with Gasteiger partial charge in [-0.2, -0.15) is 0 Å². The molecule has 1 N–H and O–H groups in total. The van der Waals surface area contributed by atoms with Crippen LogP contribution in [0.1, 0.15) is 30.4 Å². The molecule has 4 heteroatoms. The van der Waals surface area contributed by atoms with E-state index in [0.29, 0.717) is 6.61 Å². The Kier molecular flexibility index (Phi) is 4.45. The van der Waals surface area contributed by atoms with Gasteiger partial charge < -0.3 is 14.9 Å². The lowest BCUT2D eigenvalue weighted by Crippen LogP contribution is -2.28. The third kappa shape index (κ3) is 3.02. The van der Waals surface area contributed by atoms with Crippen LogP contribution in [-0.4, -0.2) is 25.9 Å². The zero-order chi connectivity index (χ0) is 17.1. The topological polar surface area (TPSA) is 42.8 Å². The minimum atomic E-state index is -0.274. The average molecular weight is 336 g/mol. The van der Waals surface area contributed by atoms with Gasteiger partial charge in [-0.1, -0.05) is 47.6 Å². The Morgan fingerprint density at radius 1 is 1.12 bits per heavy atom. The number of ether oxygens (including phenoxy) is 1. The Morgan fingerprint density at radius 3 is 2.76 bits per heavy atom. The van der Waals surface area contributed by atoms with E-state index in [1.807, 2.05) is 31.3 Å². The van der Waals surface area contributed by atoms with Crippen LogP contribution in [-0.2, 0) is 10.4 Å². The van der Waals surface area contributed by atoms with Gasteiger partial charge in [0.05, 0.1) is 11.6 Å². The van der Waals surface area contributed by atoms with Crippen molar-refractivity contribution in [2.75, 3.05) is 20.2 Å². The van der Waals surface area contributed by atoms with Gasteiger partial charge in [0.25, 0.3) is 0 Å². The van der Waals surface area contributed by atoms with E-state index in [1.165, 1.54) is 5.56 Å². The molecule has 0 spiro atoms. The quantitative estimate of drug-likeness (QED) is 0.619. The third-order valence-corrected chi connectivity index (χ3v) is 5.03. The van der Waals surface area contributed by atoms with Gasteiger partial charge in [0, 0.05) is 12.0 Å². The Balaban J connectivity index is 1.56. The smallest absolute Gasteiger partial charge is 0.143 e. The van der Waals surface area contributed by atoms with Crippen LogP contribution in [0.25, 0.3) is 0 Å². The molecular formula is C21H24N2O2. The monoisotopic (exact) mass is 336 g/mol. The number of benzene rings is 2. The number of nitrogens with zero attached hydrogens (tertiary/aromatic N) is 1. The van der Waals surface area contributed by atoms with Crippen molar-refractivity contribution in [3.63, 3.8) is 0 Å². The third-order valence-electron chi connectivity index (χ3n) is 5.03. The first-order valence-corrected chi connectivity index (χ1v) is 9.03. The van der Waals surface area contributed by atoms with Crippen molar-refractivity contribution < 1.29 is 9.57 Å². The van der Waals surface area contributed by atoms with Crippen LogP contribution in [0.15, 0.2) is 59.8 Å². The van der Waals surface area contributed by atoms with Gasteiger partial charge in [0.1, 0.15) is 18.0 Å². The van der Waals surface area contributed by atoms with Gasteiger partial charge in [0.15, 0.2) is 0 Å². The maximum atomic E-state index is 6.42. The van der Waals surface area contributed by atoms with Gasteiger partial charge in [0.2, 0.25) is 0 Å². The Hall–Kier alpha value is -2.33. The summed E-state index contributed by atoms with van der Waals surface area (Å²) in [4.78, 5) is 5.66. The maximum Gasteiger partial charge on any atom is 0.143 e. The minimum Gasteiger partial charge on any atom is -0.481 e. The van der Waals surface area contributed by atoms with Crippen LogP contribution < -0.4 is 10.1 Å². The first-order valence-electron chi connectivity index (χ1n) is 9.03. The molecule has 25 heavy (non-hydrogen) atoms. The molecule has 0 bridgehead atoms. The molecule has 0 radical (unpaired) electrons. The van der Waals surface area contributed by atoms with E-state index in [0.717, 1.165) is 42.8 Å². The molecule has 1 fully saturated rings. The summed E-state index contributed by atoms with van der Waals surface area (Å²) in [5.41, 5.74) is 3.03. The molecule has 2 atom stereocenters. The van der Waals surface area contributed by atoms with Crippen LogP contribution in [0.4, 0.5) is 0 Å². The van der Waals surface area contributed by atoms with Crippen LogP contribution in [0.2, 0.25) is 0 Å². The lowest BCUT2D eigenvalue weighted by Gasteiger charge is -2.27. The molecule has 2 aliphatic rings. The molecule has 4 nitrogen and oxygen atoms in total. The molecule has 0 aromatic heterocycles. The Bertz CT molecular complexity index is 760. The number of fused-ring (bicyclic) bond motifs is 2. The second-order valence-electron chi connectivity index (χ2n) is 6.73. The number of rotatable bonds is 7. The molecule has 1 aliphatic carbocycles. The maximum absolute atomic E-state index is 6.42. The number of nitrogens with one attached hydrogen (secondary N) is 1. The number of unbranched alkanes of at least 4 members (excludes halogenated alkanes) is 1. The number of hydrogen-bond donors (Lipinski definition) is 1. The molecule has 0 amide bonds. The molecule has 1 saturated carbocycles. The van der Waals surface area contributed by atoms with Gasteiger partial charge >= 0.3 is 0 Å². The van der Waals surface area contributed by atoms with E-state index < -0.39 is 0 Å². The van der Waals surface area contributed by atoms with E-state index in [2.05, 4.69) is 40.8 Å². The Labute approximate surface area is 148 Å². The first kappa shape index (κ1) is 16.2. The molecule has 0 saturated heterocycles. The lowest BCUT2D eigenvalue weighted by atomic mass is 9.96. The van der Waals surface area contributed by atoms with Crippen LogP contribution >= 0.6 is 0 Å². The van der Waals surface area contributed by atoms with E-state index >= 15 is 0 Å². The predicted molar refractivity (Wildman–Crippen MR) is 98.9 cm³/mol. The number of oxime groups is 1. The molecule has 4 rings (SSSR count). The van der Waals surface area contributed by atoms with E-state index in [4.69, 9.17) is 9.57 Å². The summed E-state index contributed by atoms with van der Waals surface area (Å²) in [7, 11) is 1.97. The minimum absolute atomic E-state index is 0.266. The van der Waals surface area contributed by atoms with Crippen molar-refractivity contribution in [3.8, 4) is 5.75 Å². The van der Waals surface area contributed by atoms with Crippen molar-refractivity contribution in [3.05, 3.63) is 65.7 Å². The van der Waals surface area contributed by atoms with Crippen molar-refractivity contribution >= 4 is 5.71 Å². The fourth-order valence-corrected chi connectivity index (χ4v) is 3.62. The van der Waals surface area contributed by atoms with Crippen molar-refractivity contribution in [1.29, 1.82) is 0 Å².